The fourth-order valence-corrected chi connectivity index (χ4v) is 2.30. The van der Waals surface area contributed by atoms with E-state index in [9.17, 15) is 0 Å². The van der Waals surface area contributed by atoms with Crippen LogP contribution in [0, 0.1) is 0 Å². The number of fused-ring (bicyclic) bond motifs is 1. The second-order valence-electron chi connectivity index (χ2n) is 4.54. The highest BCUT2D eigenvalue weighted by Gasteiger charge is 2.20. The van der Waals surface area contributed by atoms with Crippen LogP contribution in [-0.4, -0.2) is 23.4 Å². The van der Waals surface area contributed by atoms with Gasteiger partial charge in [-0.05, 0) is 18.6 Å². The highest BCUT2D eigenvalue weighted by Crippen LogP contribution is 2.39. The predicted octanol–water partition coefficient (Wildman–Crippen LogP) is 1.92. The van der Waals surface area contributed by atoms with Crippen LogP contribution in [0.2, 0.25) is 0 Å². The van der Waals surface area contributed by atoms with E-state index < -0.39 is 0 Å². The Labute approximate surface area is 116 Å². The Morgan fingerprint density at radius 3 is 2.85 bits per heavy atom. The first kappa shape index (κ1) is 12.9. The molecule has 0 amide bonds. The Balaban J connectivity index is 2.09. The summed E-state index contributed by atoms with van der Waals surface area (Å²) in [5.41, 5.74) is 7.44. The SMILES string of the molecule is CCc1c(-c2noc(CN)n2)ccc2c1OCCCO2. The van der Waals surface area contributed by atoms with Crippen LogP contribution >= 0.6 is 0 Å². The van der Waals surface area contributed by atoms with Gasteiger partial charge in [0.05, 0.1) is 19.8 Å². The van der Waals surface area contributed by atoms with Crippen molar-refractivity contribution in [1.29, 1.82) is 0 Å². The lowest BCUT2D eigenvalue weighted by molar-refractivity contribution is 0.296. The number of nitrogens with zero attached hydrogens (tertiary/aromatic N) is 2. The zero-order chi connectivity index (χ0) is 13.9. The van der Waals surface area contributed by atoms with E-state index in [4.69, 9.17) is 19.7 Å². The zero-order valence-corrected chi connectivity index (χ0v) is 11.4. The van der Waals surface area contributed by atoms with E-state index in [0.29, 0.717) is 24.9 Å². The molecule has 2 heterocycles. The van der Waals surface area contributed by atoms with Gasteiger partial charge in [0.25, 0.3) is 0 Å². The summed E-state index contributed by atoms with van der Waals surface area (Å²) in [5.74, 6) is 2.54. The molecule has 2 N–H and O–H groups in total. The maximum absolute atomic E-state index is 5.83. The number of hydrogen-bond acceptors (Lipinski definition) is 6. The molecule has 20 heavy (non-hydrogen) atoms. The van der Waals surface area contributed by atoms with Gasteiger partial charge in [-0.1, -0.05) is 12.1 Å². The molecule has 0 aliphatic carbocycles. The molecule has 0 atom stereocenters. The summed E-state index contributed by atoms with van der Waals surface area (Å²) >= 11 is 0. The van der Waals surface area contributed by atoms with Crippen LogP contribution in [0.5, 0.6) is 11.5 Å². The van der Waals surface area contributed by atoms with Crippen molar-refractivity contribution in [1.82, 2.24) is 10.1 Å². The van der Waals surface area contributed by atoms with Gasteiger partial charge in [0.2, 0.25) is 11.7 Å². The van der Waals surface area contributed by atoms with E-state index in [1.54, 1.807) is 0 Å². The van der Waals surface area contributed by atoms with Crippen molar-refractivity contribution in [3.63, 3.8) is 0 Å². The minimum absolute atomic E-state index is 0.235. The summed E-state index contributed by atoms with van der Waals surface area (Å²) in [5, 5.41) is 3.98. The van der Waals surface area contributed by atoms with Crippen molar-refractivity contribution >= 4 is 0 Å². The van der Waals surface area contributed by atoms with Gasteiger partial charge in [-0.15, -0.1) is 0 Å². The third-order valence-corrected chi connectivity index (χ3v) is 3.25. The first-order valence-corrected chi connectivity index (χ1v) is 6.78. The van der Waals surface area contributed by atoms with E-state index >= 15 is 0 Å². The summed E-state index contributed by atoms with van der Waals surface area (Å²) in [6, 6.07) is 3.84. The number of benzene rings is 1. The van der Waals surface area contributed by atoms with Gasteiger partial charge >= 0.3 is 0 Å². The van der Waals surface area contributed by atoms with Crippen molar-refractivity contribution in [2.45, 2.75) is 26.3 Å². The molecule has 0 saturated carbocycles. The van der Waals surface area contributed by atoms with E-state index in [1.807, 2.05) is 12.1 Å². The molecule has 1 aromatic heterocycles. The molecule has 0 unspecified atom stereocenters. The van der Waals surface area contributed by atoms with Crippen LogP contribution in [0.4, 0.5) is 0 Å². The van der Waals surface area contributed by atoms with E-state index in [0.717, 1.165) is 35.5 Å². The van der Waals surface area contributed by atoms with Crippen molar-refractivity contribution in [2.75, 3.05) is 13.2 Å². The molecule has 0 saturated heterocycles. The second-order valence-corrected chi connectivity index (χ2v) is 4.54. The first-order valence-electron chi connectivity index (χ1n) is 6.78. The van der Waals surface area contributed by atoms with E-state index in [2.05, 4.69) is 17.1 Å². The summed E-state index contributed by atoms with van der Waals surface area (Å²) < 4.78 is 16.6. The molecule has 0 bridgehead atoms. The van der Waals surface area contributed by atoms with E-state index in [1.165, 1.54) is 0 Å². The second kappa shape index (κ2) is 5.50. The number of nitrogens with two attached hydrogens (primary N) is 1. The Morgan fingerprint density at radius 2 is 2.10 bits per heavy atom. The lowest BCUT2D eigenvalue weighted by atomic mass is 10.0. The van der Waals surface area contributed by atoms with Gasteiger partial charge < -0.3 is 19.7 Å². The molecular formula is C14H17N3O3. The summed E-state index contributed by atoms with van der Waals surface area (Å²) in [4.78, 5) is 4.28. The summed E-state index contributed by atoms with van der Waals surface area (Å²) in [6.45, 7) is 3.63. The lowest BCUT2D eigenvalue weighted by Gasteiger charge is -2.14. The third kappa shape index (κ3) is 2.22. The standard InChI is InChI=1S/C14H17N3O3/c1-2-9-10(14-16-12(8-15)20-17-14)4-5-11-13(9)19-7-3-6-18-11/h4-5H,2-3,6-8,15H2,1H3. The molecule has 6 nitrogen and oxygen atoms in total. The summed E-state index contributed by atoms with van der Waals surface area (Å²) in [7, 11) is 0. The maximum Gasteiger partial charge on any atom is 0.240 e. The molecule has 0 fully saturated rings. The lowest BCUT2D eigenvalue weighted by Crippen LogP contribution is -2.00. The summed E-state index contributed by atoms with van der Waals surface area (Å²) in [6.07, 6.45) is 1.68. The minimum atomic E-state index is 0.235. The Hall–Kier alpha value is -2.08. The Bertz CT molecular complexity index is 610. The van der Waals surface area contributed by atoms with Crippen LogP contribution < -0.4 is 15.2 Å². The molecule has 1 aromatic carbocycles. The predicted molar refractivity (Wildman–Crippen MR) is 72.6 cm³/mol. The molecule has 106 valence electrons. The van der Waals surface area contributed by atoms with Gasteiger partial charge in [0.1, 0.15) is 0 Å². The molecular weight excluding hydrogens is 258 g/mol. The normalized spacial score (nSPS) is 14.1. The van der Waals surface area contributed by atoms with Crippen LogP contribution in [0.1, 0.15) is 24.8 Å². The topological polar surface area (TPSA) is 83.4 Å². The van der Waals surface area contributed by atoms with Gasteiger partial charge in [-0.25, -0.2) is 0 Å². The Morgan fingerprint density at radius 1 is 1.25 bits per heavy atom. The number of rotatable bonds is 3. The van der Waals surface area contributed by atoms with Crippen molar-refractivity contribution in [3.05, 3.63) is 23.6 Å². The molecule has 0 radical (unpaired) electrons. The smallest absolute Gasteiger partial charge is 0.240 e. The largest absolute Gasteiger partial charge is 0.490 e. The monoisotopic (exact) mass is 275 g/mol. The van der Waals surface area contributed by atoms with Gasteiger partial charge in [0, 0.05) is 17.5 Å². The van der Waals surface area contributed by atoms with Crippen LogP contribution in [0.15, 0.2) is 16.7 Å². The quantitative estimate of drug-likeness (QED) is 0.921. The Kier molecular flexibility index (Phi) is 3.56. The van der Waals surface area contributed by atoms with Crippen LogP contribution in [0.3, 0.4) is 0 Å². The third-order valence-electron chi connectivity index (χ3n) is 3.25. The molecule has 6 heteroatoms. The minimum Gasteiger partial charge on any atom is -0.490 e. The molecule has 1 aliphatic heterocycles. The zero-order valence-electron chi connectivity index (χ0n) is 11.4. The number of hydrogen-bond donors (Lipinski definition) is 1. The molecule has 1 aliphatic rings. The molecule has 0 spiro atoms. The number of ether oxygens (including phenoxy) is 2. The fourth-order valence-electron chi connectivity index (χ4n) is 2.30. The van der Waals surface area contributed by atoms with Crippen molar-refractivity contribution in [3.8, 4) is 22.9 Å². The first-order chi connectivity index (χ1) is 9.83. The van der Waals surface area contributed by atoms with Crippen molar-refractivity contribution < 1.29 is 14.0 Å². The molecule has 2 aromatic rings. The van der Waals surface area contributed by atoms with E-state index in [-0.39, 0.29) is 6.54 Å². The fraction of sp³-hybridized carbons (Fsp3) is 0.429. The average Bonchev–Trinajstić information content (AvgIpc) is 2.83. The highest BCUT2D eigenvalue weighted by molar-refractivity contribution is 5.67. The van der Waals surface area contributed by atoms with Gasteiger partial charge in [0.15, 0.2) is 11.5 Å². The van der Waals surface area contributed by atoms with Crippen molar-refractivity contribution in [2.24, 2.45) is 5.73 Å². The van der Waals surface area contributed by atoms with Gasteiger partial charge in [-0.2, -0.15) is 4.98 Å². The van der Waals surface area contributed by atoms with Crippen LogP contribution in [0.25, 0.3) is 11.4 Å². The number of aromatic nitrogens is 2. The molecule has 3 rings (SSSR count). The maximum atomic E-state index is 5.83. The average molecular weight is 275 g/mol. The van der Waals surface area contributed by atoms with Crippen LogP contribution in [-0.2, 0) is 13.0 Å². The van der Waals surface area contributed by atoms with Gasteiger partial charge in [-0.3, -0.25) is 0 Å². The highest BCUT2D eigenvalue weighted by atomic mass is 16.5.